The molecule has 1 aromatic heterocycles. The number of rotatable bonds is 2. The topological polar surface area (TPSA) is 39.2 Å². The van der Waals surface area contributed by atoms with Crippen LogP contribution in [0.2, 0.25) is 0 Å². The van der Waals surface area contributed by atoms with Gasteiger partial charge in [0.15, 0.2) is 0 Å². The van der Waals surface area contributed by atoms with Crippen molar-refractivity contribution >= 4 is 16.7 Å². The third-order valence-corrected chi connectivity index (χ3v) is 3.58. The largest absolute Gasteiger partial charge is 0.465 e. The molecule has 0 aliphatic carbocycles. The number of carbonyl (C=O) groups excluding carboxylic acids is 1. The molecule has 0 fully saturated rings. The second kappa shape index (κ2) is 5.76. The van der Waals surface area contributed by atoms with Gasteiger partial charge in [0.1, 0.15) is 11.6 Å². The average Bonchev–Trinajstić information content (AvgIpc) is 2.53. The van der Waals surface area contributed by atoms with Crippen molar-refractivity contribution in [2.75, 3.05) is 7.11 Å². The zero-order valence-corrected chi connectivity index (χ0v) is 12.6. The van der Waals surface area contributed by atoms with Gasteiger partial charge in [-0.1, -0.05) is 12.1 Å². The van der Waals surface area contributed by atoms with Gasteiger partial charge in [0.25, 0.3) is 0 Å². The van der Waals surface area contributed by atoms with E-state index in [1.807, 2.05) is 0 Å². The normalized spacial score (nSPS) is 10.8. The molecular weight excluding hydrogens is 300 g/mol. The summed E-state index contributed by atoms with van der Waals surface area (Å²) in [7, 11) is 1.28. The zero-order chi connectivity index (χ0) is 16.6. The number of aromatic nitrogens is 1. The first-order chi connectivity index (χ1) is 11.0. The van der Waals surface area contributed by atoms with Gasteiger partial charge in [0.2, 0.25) is 0 Å². The summed E-state index contributed by atoms with van der Waals surface area (Å²) in [5, 5.41) is 1.23. The van der Waals surface area contributed by atoms with Gasteiger partial charge in [-0.3, -0.25) is 4.98 Å². The van der Waals surface area contributed by atoms with Gasteiger partial charge in [-0.25, -0.2) is 13.6 Å². The van der Waals surface area contributed by atoms with E-state index in [0.29, 0.717) is 16.6 Å². The molecule has 0 radical (unpaired) electrons. The Morgan fingerprint density at radius 2 is 1.78 bits per heavy atom. The van der Waals surface area contributed by atoms with Gasteiger partial charge in [0, 0.05) is 11.1 Å². The van der Waals surface area contributed by atoms with E-state index >= 15 is 0 Å². The van der Waals surface area contributed by atoms with Gasteiger partial charge >= 0.3 is 5.97 Å². The molecule has 0 atom stereocenters. The molecule has 2 aromatic carbocycles. The molecular formula is C18H13F2NO2. The van der Waals surface area contributed by atoms with E-state index in [2.05, 4.69) is 4.98 Å². The minimum absolute atomic E-state index is 0.168. The second-order valence-corrected chi connectivity index (χ2v) is 5.14. The maximum absolute atomic E-state index is 14.1. The van der Waals surface area contributed by atoms with Crippen LogP contribution in [0.3, 0.4) is 0 Å². The van der Waals surface area contributed by atoms with Crippen molar-refractivity contribution in [2.45, 2.75) is 6.92 Å². The highest BCUT2D eigenvalue weighted by atomic mass is 19.1. The van der Waals surface area contributed by atoms with E-state index in [0.717, 1.165) is 5.39 Å². The van der Waals surface area contributed by atoms with Crippen molar-refractivity contribution in [1.29, 1.82) is 0 Å². The van der Waals surface area contributed by atoms with E-state index < -0.39 is 17.6 Å². The number of hydrogen-bond donors (Lipinski definition) is 0. The second-order valence-electron chi connectivity index (χ2n) is 5.14. The Labute approximate surface area is 131 Å². The molecule has 0 spiro atoms. The van der Waals surface area contributed by atoms with E-state index in [-0.39, 0.29) is 11.3 Å². The Bertz CT molecular complexity index is 902. The number of halogens is 2. The van der Waals surface area contributed by atoms with Crippen LogP contribution in [0.25, 0.3) is 22.0 Å². The Morgan fingerprint density at radius 1 is 1.09 bits per heavy atom. The molecule has 3 nitrogen and oxygen atoms in total. The summed E-state index contributed by atoms with van der Waals surface area (Å²) in [6.45, 7) is 1.75. The average molecular weight is 313 g/mol. The van der Waals surface area contributed by atoms with Crippen LogP contribution in [-0.4, -0.2) is 18.1 Å². The van der Waals surface area contributed by atoms with Crippen molar-refractivity contribution in [1.82, 2.24) is 4.98 Å². The van der Waals surface area contributed by atoms with Gasteiger partial charge < -0.3 is 4.74 Å². The van der Waals surface area contributed by atoms with E-state index in [9.17, 15) is 13.6 Å². The Balaban J connectivity index is 2.37. The number of ether oxygens (including phenoxy) is 1. The summed E-state index contributed by atoms with van der Waals surface area (Å²) in [6, 6.07) is 10.3. The molecule has 0 bridgehead atoms. The summed E-state index contributed by atoms with van der Waals surface area (Å²) in [5.41, 5.74) is 0.884. The molecule has 0 amide bonds. The highest BCUT2D eigenvalue weighted by Gasteiger charge is 2.17. The first kappa shape index (κ1) is 15.1. The number of aryl methyl sites for hydroxylation is 1. The fourth-order valence-corrected chi connectivity index (χ4v) is 2.54. The zero-order valence-electron chi connectivity index (χ0n) is 12.6. The lowest BCUT2D eigenvalue weighted by atomic mass is 10.00. The molecule has 3 aromatic rings. The number of pyridine rings is 1. The van der Waals surface area contributed by atoms with Crippen LogP contribution in [-0.2, 0) is 4.74 Å². The fraction of sp³-hybridized carbons (Fsp3) is 0.111. The first-order valence-corrected chi connectivity index (χ1v) is 6.95. The Morgan fingerprint density at radius 3 is 2.43 bits per heavy atom. The quantitative estimate of drug-likeness (QED) is 0.663. The molecule has 0 N–H and O–H groups in total. The molecule has 0 unspecified atom stereocenters. The molecule has 0 saturated carbocycles. The predicted molar refractivity (Wildman–Crippen MR) is 83.2 cm³/mol. The maximum atomic E-state index is 14.1. The summed E-state index contributed by atoms with van der Waals surface area (Å²) in [6.07, 6.45) is 0. The Kier molecular flexibility index (Phi) is 3.78. The van der Waals surface area contributed by atoms with E-state index in [1.165, 1.54) is 31.4 Å². The van der Waals surface area contributed by atoms with Gasteiger partial charge in [-0.15, -0.1) is 0 Å². The number of carbonyl (C=O) groups is 1. The number of benzene rings is 2. The van der Waals surface area contributed by atoms with E-state index in [1.54, 1.807) is 25.1 Å². The predicted octanol–water partition coefficient (Wildman–Crippen LogP) is 4.28. The summed E-state index contributed by atoms with van der Waals surface area (Å²) >= 11 is 0. The van der Waals surface area contributed by atoms with Gasteiger partial charge in [-0.05, 0) is 42.6 Å². The van der Waals surface area contributed by atoms with Crippen LogP contribution in [0.4, 0.5) is 8.78 Å². The van der Waals surface area contributed by atoms with Crippen LogP contribution < -0.4 is 0 Å². The highest BCUT2D eigenvalue weighted by Crippen LogP contribution is 2.32. The van der Waals surface area contributed by atoms with Crippen molar-refractivity contribution in [3.8, 4) is 11.3 Å². The molecule has 116 valence electrons. The van der Waals surface area contributed by atoms with Crippen LogP contribution >= 0.6 is 0 Å². The molecule has 3 rings (SSSR count). The number of nitrogens with zero attached hydrogens (tertiary/aromatic N) is 1. The summed E-state index contributed by atoms with van der Waals surface area (Å²) < 4.78 is 33.0. The molecule has 23 heavy (non-hydrogen) atoms. The lowest BCUT2D eigenvalue weighted by Crippen LogP contribution is -2.02. The smallest absolute Gasteiger partial charge is 0.337 e. The van der Waals surface area contributed by atoms with Gasteiger partial charge in [-0.2, -0.15) is 0 Å². The van der Waals surface area contributed by atoms with Crippen LogP contribution in [0.15, 0.2) is 42.5 Å². The maximum Gasteiger partial charge on any atom is 0.337 e. The number of esters is 1. The van der Waals surface area contributed by atoms with Crippen molar-refractivity contribution in [2.24, 2.45) is 0 Å². The molecule has 0 aliphatic heterocycles. The number of hydrogen-bond acceptors (Lipinski definition) is 3. The lowest BCUT2D eigenvalue weighted by Gasteiger charge is -2.11. The SMILES string of the molecule is COC(=O)c1ccc2cc(C)nc(-c3c(F)cccc3F)c2c1. The minimum atomic E-state index is -0.701. The molecule has 0 saturated heterocycles. The molecule has 0 aliphatic rings. The molecule has 1 heterocycles. The number of fused-ring (bicyclic) bond motifs is 1. The highest BCUT2D eigenvalue weighted by molar-refractivity contribution is 6.00. The third-order valence-electron chi connectivity index (χ3n) is 3.58. The van der Waals surface area contributed by atoms with E-state index in [4.69, 9.17) is 4.74 Å². The van der Waals surface area contributed by atoms with Crippen molar-refractivity contribution in [3.63, 3.8) is 0 Å². The third kappa shape index (κ3) is 2.65. The van der Waals surface area contributed by atoms with Gasteiger partial charge in [0.05, 0.1) is 23.9 Å². The van der Waals surface area contributed by atoms with Crippen molar-refractivity contribution < 1.29 is 18.3 Å². The van der Waals surface area contributed by atoms with Crippen LogP contribution in [0.1, 0.15) is 16.1 Å². The van der Waals surface area contributed by atoms with Crippen molar-refractivity contribution in [3.05, 3.63) is 65.4 Å². The minimum Gasteiger partial charge on any atom is -0.465 e. The molecule has 5 heteroatoms. The summed E-state index contributed by atoms with van der Waals surface area (Å²) in [4.78, 5) is 16.0. The number of methoxy groups -OCH3 is 1. The summed E-state index contributed by atoms with van der Waals surface area (Å²) in [5.74, 6) is -1.92. The fourth-order valence-electron chi connectivity index (χ4n) is 2.54. The lowest BCUT2D eigenvalue weighted by molar-refractivity contribution is 0.0601. The van der Waals surface area contributed by atoms with Crippen LogP contribution in [0.5, 0.6) is 0 Å². The van der Waals surface area contributed by atoms with Crippen LogP contribution in [0, 0.1) is 18.6 Å². The standard InChI is InChI=1S/C18H13F2NO2/c1-10-8-11-6-7-12(18(22)23-2)9-13(11)17(21-10)16-14(19)4-3-5-15(16)20/h3-9H,1-2H3. The first-order valence-electron chi connectivity index (χ1n) is 6.95. The monoisotopic (exact) mass is 313 g/mol. The Hall–Kier alpha value is -2.82.